The molecule has 1 aliphatic carbocycles. The number of nitro groups is 1. The van der Waals surface area contributed by atoms with Gasteiger partial charge in [0.05, 0.1) is 17.1 Å². The van der Waals surface area contributed by atoms with E-state index in [9.17, 15) is 19.7 Å². The summed E-state index contributed by atoms with van der Waals surface area (Å²) in [5.41, 5.74) is -0.324. The van der Waals surface area contributed by atoms with Gasteiger partial charge >= 0.3 is 11.7 Å². The van der Waals surface area contributed by atoms with E-state index in [1.807, 2.05) is 0 Å². The van der Waals surface area contributed by atoms with Crippen LogP contribution in [0, 0.1) is 16.0 Å². The number of carbonyl (C=O) groups excluding carboxylic acids is 2. The third kappa shape index (κ3) is 5.42. The van der Waals surface area contributed by atoms with Crippen LogP contribution < -0.4 is 10.1 Å². The second-order valence-corrected chi connectivity index (χ2v) is 6.80. The summed E-state index contributed by atoms with van der Waals surface area (Å²) in [4.78, 5) is 35.2. The molecule has 0 saturated heterocycles. The van der Waals surface area contributed by atoms with Gasteiger partial charge in [0, 0.05) is 12.1 Å². The Morgan fingerprint density at radius 1 is 1.33 bits per heavy atom. The summed E-state index contributed by atoms with van der Waals surface area (Å²) in [7, 11) is 0. The van der Waals surface area contributed by atoms with Crippen molar-refractivity contribution in [3.63, 3.8) is 0 Å². The Morgan fingerprint density at radius 2 is 2.04 bits per heavy atom. The standard InChI is InChI=1S/C19H26N2O6/c1-4-26-17-10-9-14(11-16(17)21(24)25)19(23)27-13(3)18(22)20-15-8-6-5-7-12(15)2/h9-13,15H,4-8H2,1-3H3,(H,20,22)/t12-,13-,15-/m0/s1. The lowest BCUT2D eigenvalue weighted by Gasteiger charge is -2.30. The Morgan fingerprint density at radius 3 is 2.67 bits per heavy atom. The molecule has 0 spiro atoms. The molecule has 1 N–H and O–H groups in total. The average molecular weight is 378 g/mol. The van der Waals surface area contributed by atoms with Crippen LogP contribution in [0.1, 0.15) is 56.8 Å². The van der Waals surface area contributed by atoms with Crippen molar-refractivity contribution in [3.8, 4) is 5.75 Å². The summed E-state index contributed by atoms with van der Waals surface area (Å²) < 4.78 is 10.4. The van der Waals surface area contributed by atoms with Gasteiger partial charge in [0.2, 0.25) is 0 Å². The second kappa shape index (κ2) is 9.34. The zero-order chi connectivity index (χ0) is 20.0. The third-order valence-electron chi connectivity index (χ3n) is 4.78. The van der Waals surface area contributed by atoms with Crippen LogP contribution in [0.2, 0.25) is 0 Å². The molecule has 1 aromatic carbocycles. The minimum Gasteiger partial charge on any atom is -0.487 e. The van der Waals surface area contributed by atoms with E-state index in [1.165, 1.54) is 19.1 Å². The number of hydrogen-bond donors (Lipinski definition) is 1. The van der Waals surface area contributed by atoms with E-state index in [2.05, 4.69) is 12.2 Å². The van der Waals surface area contributed by atoms with Crippen LogP contribution in [0.4, 0.5) is 5.69 Å². The zero-order valence-corrected chi connectivity index (χ0v) is 15.9. The van der Waals surface area contributed by atoms with Crippen molar-refractivity contribution in [2.24, 2.45) is 5.92 Å². The average Bonchev–Trinajstić information content (AvgIpc) is 2.63. The van der Waals surface area contributed by atoms with Gasteiger partial charge < -0.3 is 14.8 Å². The molecule has 0 aliphatic heterocycles. The lowest BCUT2D eigenvalue weighted by molar-refractivity contribution is -0.385. The highest BCUT2D eigenvalue weighted by Crippen LogP contribution is 2.28. The molecule has 8 heteroatoms. The van der Waals surface area contributed by atoms with E-state index in [0.717, 1.165) is 31.7 Å². The Kier molecular flexibility index (Phi) is 7.15. The number of amides is 1. The maximum absolute atomic E-state index is 12.3. The van der Waals surface area contributed by atoms with Crippen LogP contribution >= 0.6 is 0 Å². The number of ether oxygens (including phenoxy) is 2. The molecule has 0 bridgehead atoms. The molecule has 1 aromatic rings. The molecule has 8 nitrogen and oxygen atoms in total. The highest BCUT2D eigenvalue weighted by atomic mass is 16.6. The lowest BCUT2D eigenvalue weighted by Crippen LogP contribution is -2.45. The van der Waals surface area contributed by atoms with E-state index < -0.39 is 17.0 Å². The molecule has 3 atom stereocenters. The molecule has 1 aliphatic rings. The van der Waals surface area contributed by atoms with Crippen LogP contribution in [-0.4, -0.2) is 35.6 Å². The number of hydrogen-bond acceptors (Lipinski definition) is 6. The van der Waals surface area contributed by atoms with Gasteiger partial charge in [-0.05, 0) is 44.7 Å². The van der Waals surface area contributed by atoms with Crippen LogP contribution in [-0.2, 0) is 9.53 Å². The summed E-state index contributed by atoms with van der Waals surface area (Å²) in [5, 5.41) is 14.1. The van der Waals surface area contributed by atoms with Gasteiger partial charge in [-0.15, -0.1) is 0 Å². The number of rotatable bonds is 7. The van der Waals surface area contributed by atoms with E-state index in [0.29, 0.717) is 5.92 Å². The number of carbonyl (C=O) groups is 2. The normalized spacial score (nSPS) is 20.4. The minimum absolute atomic E-state index is 0.00385. The van der Waals surface area contributed by atoms with Crippen molar-refractivity contribution in [1.29, 1.82) is 0 Å². The first-order valence-electron chi connectivity index (χ1n) is 9.26. The smallest absolute Gasteiger partial charge is 0.339 e. The molecule has 1 saturated carbocycles. The summed E-state index contributed by atoms with van der Waals surface area (Å²) in [6.07, 6.45) is 3.22. The molecule has 1 amide bonds. The zero-order valence-electron chi connectivity index (χ0n) is 15.9. The van der Waals surface area contributed by atoms with E-state index in [-0.39, 0.29) is 35.6 Å². The Hall–Kier alpha value is -2.64. The summed E-state index contributed by atoms with van der Waals surface area (Å²) >= 11 is 0. The van der Waals surface area contributed by atoms with Crippen molar-refractivity contribution in [2.75, 3.05) is 6.61 Å². The molecule has 0 radical (unpaired) electrons. The lowest BCUT2D eigenvalue weighted by atomic mass is 9.86. The van der Waals surface area contributed by atoms with Crippen molar-refractivity contribution in [3.05, 3.63) is 33.9 Å². The van der Waals surface area contributed by atoms with Crippen molar-refractivity contribution < 1.29 is 24.0 Å². The molecule has 0 unspecified atom stereocenters. The van der Waals surface area contributed by atoms with Crippen LogP contribution in [0.5, 0.6) is 5.75 Å². The molecule has 148 valence electrons. The number of esters is 1. The number of nitrogens with one attached hydrogen (secondary N) is 1. The maximum atomic E-state index is 12.3. The Bertz CT molecular complexity index is 705. The minimum atomic E-state index is -0.989. The maximum Gasteiger partial charge on any atom is 0.339 e. The second-order valence-electron chi connectivity index (χ2n) is 6.80. The topological polar surface area (TPSA) is 108 Å². The fourth-order valence-corrected chi connectivity index (χ4v) is 3.18. The fourth-order valence-electron chi connectivity index (χ4n) is 3.18. The predicted molar refractivity (Wildman–Crippen MR) is 98.7 cm³/mol. The van der Waals surface area contributed by atoms with E-state index in [1.54, 1.807) is 6.92 Å². The molecular formula is C19H26N2O6. The Labute approximate surface area is 158 Å². The highest BCUT2D eigenvalue weighted by Gasteiger charge is 2.27. The molecule has 0 heterocycles. The number of nitrogens with zero attached hydrogens (tertiary/aromatic N) is 1. The van der Waals surface area contributed by atoms with Gasteiger partial charge in [-0.2, -0.15) is 0 Å². The molecule has 1 fully saturated rings. The van der Waals surface area contributed by atoms with Gasteiger partial charge in [-0.1, -0.05) is 19.8 Å². The van der Waals surface area contributed by atoms with Gasteiger partial charge in [-0.25, -0.2) is 4.79 Å². The number of nitro benzene ring substituents is 1. The number of benzene rings is 1. The molecule has 0 aromatic heterocycles. The molecule has 27 heavy (non-hydrogen) atoms. The molecular weight excluding hydrogens is 352 g/mol. The summed E-state index contributed by atoms with van der Waals surface area (Å²) in [5.74, 6) is -0.682. The van der Waals surface area contributed by atoms with Crippen LogP contribution in [0.15, 0.2) is 18.2 Å². The van der Waals surface area contributed by atoms with Crippen LogP contribution in [0.3, 0.4) is 0 Å². The van der Waals surface area contributed by atoms with Crippen molar-refractivity contribution in [2.45, 2.75) is 58.6 Å². The Balaban J connectivity index is 2.01. The first-order valence-corrected chi connectivity index (χ1v) is 9.26. The fraction of sp³-hybridized carbons (Fsp3) is 0.579. The van der Waals surface area contributed by atoms with Gasteiger partial charge in [0.15, 0.2) is 11.9 Å². The quantitative estimate of drug-likeness (QED) is 0.443. The first kappa shape index (κ1) is 20.7. The van der Waals surface area contributed by atoms with Crippen LogP contribution in [0.25, 0.3) is 0 Å². The van der Waals surface area contributed by atoms with Crippen molar-refractivity contribution in [1.82, 2.24) is 5.32 Å². The summed E-state index contributed by atoms with van der Waals surface area (Å²) in [6.45, 7) is 5.56. The SMILES string of the molecule is CCOc1ccc(C(=O)O[C@@H](C)C(=O)N[C@H]2CCCC[C@@H]2C)cc1[N+](=O)[O-]. The van der Waals surface area contributed by atoms with E-state index in [4.69, 9.17) is 9.47 Å². The van der Waals surface area contributed by atoms with E-state index >= 15 is 0 Å². The third-order valence-corrected chi connectivity index (χ3v) is 4.78. The molecule has 2 rings (SSSR count). The largest absolute Gasteiger partial charge is 0.487 e. The predicted octanol–water partition coefficient (Wildman–Crippen LogP) is 3.23. The van der Waals surface area contributed by atoms with Gasteiger partial charge in [0.25, 0.3) is 5.91 Å². The summed E-state index contributed by atoms with van der Waals surface area (Å²) in [6, 6.07) is 3.92. The monoisotopic (exact) mass is 378 g/mol. The highest BCUT2D eigenvalue weighted by molar-refractivity contribution is 5.93. The van der Waals surface area contributed by atoms with Gasteiger partial charge in [0.1, 0.15) is 0 Å². The first-order chi connectivity index (χ1) is 12.8. The van der Waals surface area contributed by atoms with Gasteiger partial charge in [-0.3, -0.25) is 14.9 Å². The van der Waals surface area contributed by atoms with Crippen molar-refractivity contribution >= 4 is 17.6 Å².